The minimum atomic E-state index is -0.794. The Morgan fingerprint density at radius 1 is 1.58 bits per heavy atom. The Bertz CT molecular complexity index is 545. The van der Waals surface area contributed by atoms with Crippen LogP contribution in [0.2, 0.25) is 0 Å². The van der Waals surface area contributed by atoms with Gasteiger partial charge in [0.05, 0.1) is 12.1 Å². The first-order valence-electron chi connectivity index (χ1n) is 6.06. The summed E-state index contributed by atoms with van der Waals surface area (Å²) in [5.41, 5.74) is 10.6. The highest BCUT2D eigenvalue weighted by molar-refractivity contribution is 5.93. The maximum atomic E-state index is 14.1. The van der Waals surface area contributed by atoms with Crippen molar-refractivity contribution >= 4 is 11.9 Å². The van der Waals surface area contributed by atoms with E-state index in [9.17, 15) is 9.18 Å². The molecular formula is C13H16FN3O2. The highest BCUT2D eigenvalue weighted by atomic mass is 19.1. The van der Waals surface area contributed by atoms with Crippen LogP contribution in [0.3, 0.4) is 0 Å². The first kappa shape index (κ1) is 13.3. The lowest BCUT2D eigenvalue weighted by molar-refractivity contribution is 0.1000. The van der Waals surface area contributed by atoms with Crippen LogP contribution >= 0.6 is 0 Å². The molecule has 0 fully saturated rings. The molecule has 1 amide bonds. The van der Waals surface area contributed by atoms with Crippen LogP contribution < -0.4 is 11.5 Å². The molecule has 0 bridgehead atoms. The molecule has 19 heavy (non-hydrogen) atoms. The molecule has 0 aromatic heterocycles. The summed E-state index contributed by atoms with van der Waals surface area (Å²) in [7, 11) is 0. The quantitative estimate of drug-likeness (QED) is 0.862. The van der Waals surface area contributed by atoms with Crippen LogP contribution in [0.25, 0.3) is 0 Å². The zero-order valence-corrected chi connectivity index (χ0v) is 10.6. The third-order valence-corrected chi connectivity index (χ3v) is 3.43. The molecule has 1 aromatic carbocycles. The van der Waals surface area contributed by atoms with Crippen molar-refractivity contribution in [1.29, 1.82) is 0 Å². The van der Waals surface area contributed by atoms with E-state index in [2.05, 4.69) is 4.99 Å². The van der Waals surface area contributed by atoms with Gasteiger partial charge in [0, 0.05) is 17.5 Å². The topological polar surface area (TPSA) is 90.7 Å². The summed E-state index contributed by atoms with van der Waals surface area (Å²) in [5, 5.41) is 0. The fourth-order valence-corrected chi connectivity index (χ4v) is 2.30. The maximum Gasteiger partial charge on any atom is 0.282 e. The molecule has 2 rings (SSSR count). The zero-order valence-electron chi connectivity index (χ0n) is 10.6. The number of hydrogen-bond acceptors (Lipinski definition) is 4. The van der Waals surface area contributed by atoms with Gasteiger partial charge in [-0.1, -0.05) is 6.92 Å². The van der Waals surface area contributed by atoms with Crippen LogP contribution in [-0.4, -0.2) is 18.5 Å². The van der Waals surface area contributed by atoms with Gasteiger partial charge in [0.1, 0.15) is 5.82 Å². The number of benzene rings is 1. The van der Waals surface area contributed by atoms with Crippen molar-refractivity contribution in [3.63, 3.8) is 0 Å². The second-order valence-corrected chi connectivity index (χ2v) is 4.49. The molecule has 5 nitrogen and oxygen atoms in total. The van der Waals surface area contributed by atoms with Crippen LogP contribution in [-0.2, 0) is 10.3 Å². The monoisotopic (exact) mass is 265 g/mol. The number of rotatable bonds is 3. The third-order valence-electron chi connectivity index (χ3n) is 3.43. The van der Waals surface area contributed by atoms with Crippen molar-refractivity contribution in [1.82, 2.24) is 0 Å². The predicted molar refractivity (Wildman–Crippen MR) is 69.1 cm³/mol. The van der Waals surface area contributed by atoms with E-state index in [1.54, 1.807) is 0 Å². The number of ether oxygens (including phenoxy) is 1. The highest BCUT2D eigenvalue weighted by Crippen LogP contribution is 2.37. The average molecular weight is 265 g/mol. The summed E-state index contributed by atoms with van der Waals surface area (Å²) in [6.45, 7) is 2.25. The van der Waals surface area contributed by atoms with Crippen molar-refractivity contribution in [2.24, 2.45) is 16.5 Å². The third kappa shape index (κ3) is 2.38. The Hall–Kier alpha value is -2.11. The number of nitrogens with zero attached hydrogens (tertiary/aromatic N) is 1. The molecule has 102 valence electrons. The molecule has 1 aliphatic heterocycles. The van der Waals surface area contributed by atoms with Gasteiger partial charge in [-0.25, -0.2) is 9.38 Å². The average Bonchev–Trinajstić information content (AvgIpc) is 2.38. The molecule has 0 saturated heterocycles. The van der Waals surface area contributed by atoms with E-state index < -0.39 is 17.3 Å². The number of carbonyl (C=O) groups excluding carboxylic acids is 1. The Kier molecular flexibility index (Phi) is 3.42. The predicted octanol–water partition coefficient (Wildman–Crippen LogP) is 1.26. The first-order chi connectivity index (χ1) is 8.98. The second kappa shape index (κ2) is 4.87. The highest BCUT2D eigenvalue weighted by Gasteiger charge is 2.36. The smallest absolute Gasteiger partial charge is 0.282 e. The molecule has 4 N–H and O–H groups in total. The molecule has 1 atom stereocenters. The Labute approximate surface area is 110 Å². The lowest BCUT2D eigenvalue weighted by Gasteiger charge is -2.33. The number of halogens is 1. The second-order valence-electron chi connectivity index (χ2n) is 4.49. The fourth-order valence-electron chi connectivity index (χ4n) is 2.30. The van der Waals surface area contributed by atoms with E-state index in [1.807, 2.05) is 6.92 Å². The van der Waals surface area contributed by atoms with Gasteiger partial charge in [-0.15, -0.1) is 0 Å². The summed E-state index contributed by atoms with van der Waals surface area (Å²) in [4.78, 5) is 15.5. The van der Waals surface area contributed by atoms with Crippen LogP contribution in [0.15, 0.2) is 23.2 Å². The van der Waals surface area contributed by atoms with Gasteiger partial charge in [-0.05, 0) is 24.6 Å². The standard InChI is InChI=1S/C13H16FN3O2/c1-2-13(5-6-19-12(16)17-13)9-7-8(11(15)18)3-4-10(9)14/h3-4,7H,2,5-6H2,1H3,(H2,15,18)(H2,16,17)/t13-/m1/s1. The van der Waals surface area contributed by atoms with E-state index in [-0.39, 0.29) is 11.6 Å². The normalized spacial score (nSPS) is 22.5. The first-order valence-corrected chi connectivity index (χ1v) is 6.06. The van der Waals surface area contributed by atoms with Gasteiger partial charge >= 0.3 is 0 Å². The fraction of sp³-hybridized carbons (Fsp3) is 0.385. The molecule has 1 aromatic rings. The molecule has 0 saturated carbocycles. The Morgan fingerprint density at radius 2 is 2.32 bits per heavy atom. The molecule has 0 unspecified atom stereocenters. The molecule has 1 aliphatic rings. The van der Waals surface area contributed by atoms with Crippen LogP contribution in [0.1, 0.15) is 35.7 Å². The minimum Gasteiger partial charge on any atom is -0.465 e. The number of amides is 1. The summed E-state index contributed by atoms with van der Waals surface area (Å²) < 4.78 is 19.2. The van der Waals surface area contributed by atoms with Crippen molar-refractivity contribution in [3.05, 3.63) is 35.1 Å². The summed E-state index contributed by atoms with van der Waals surface area (Å²) >= 11 is 0. The zero-order chi connectivity index (χ0) is 14.0. The van der Waals surface area contributed by atoms with E-state index in [1.165, 1.54) is 18.2 Å². The molecule has 6 heteroatoms. The van der Waals surface area contributed by atoms with Crippen LogP contribution in [0.5, 0.6) is 0 Å². The van der Waals surface area contributed by atoms with Crippen LogP contribution in [0, 0.1) is 5.82 Å². The van der Waals surface area contributed by atoms with Gasteiger partial charge in [-0.3, -0.25) is 4.79 Å². The number of hydrogen-bond donors (Lipinski definition) is 2. The van der Waals surface area contributed by atoms with Crippen molar-refractivity contribution in [3.8, 4) is 0 Å². The molecule has 0 aliphatic carbocycles. The lowest BCUT2D eigenvalue weighted by atomic mass is 9.83. The number of aliphatic imine (C=N–C) groups is 1. The SMILES string of the molecule is CC[C@]1(c2cc(C(N)=O)ccc2F)CCOC(N)=N1. The van der Waals surface area contributed by atoms with E-state index in [4.69, 9.17) is 16.2 Å². The van der Waals surface area contributed by atoms with Crippen molar-refractivity contribution < 1.29 is 13.9 Å². The minimum absolute atomic E-state index is 0.0389. The maximum absolute atomic E-state index is 14.1. The summed E-state index contributed by atoms with van der Waals surface area (Å²) in [6.07, 6.45) is 1.06. The molecule has 0 radical (unpaired) electrons. The summed E-state index contributed by atoms with van der Waals surface area (Å²) in [5.74, 6) is -1.03. The molecular weight excluding hydrogens is 249 g/mol. The van der Waals surface area contributed by atoms with Gasteiger partial charge in [-0.2, -0.15) is 0 Å². The van der Waals surface area contributed by atoms with Crippen molar-refractivity contribution in [2.75, 3.05) is 6.61 Å². The van der Waals surface area contributed by atoms with Gasteiger partial charge in [0.25, 0.3) is 6.02 Å². The molecule has 1 heterocycles. The number of nitrogens with two attached hydrogens (primary N) is 2. The number of amidine groups is 1. The van der Waals surface area contributed by atoms with Crippen molar-refractivity contribution in [2.45, 2.75) is 25.3 Å². The van der Waals surface area contributed by atoms with E-state index in [0.717, 1.165) is 0 Å². The van der Waals surface area contributed by atoms with E-state index >= 15 is 0 Å². The van der Waals surface area contributed by atoms with Crippen LogP contribution in [0.4, 0.5) is 4.39 Å². The lowest BCUT2D eigenvalue weighted by Crippen LogP contribution is -2.36. The van der Waals surface area contributed by atoms with E-state index in [0.29, 0.717) is 25.0 Å². The molecule has 0 spiro atoms. The number of carbonyl (C=O) groups is 1. The van der Waals surface area contributed by atoms with Gasteiger partial charge in [0.15, 0.2) is 0 Å². The van der Waals surface area contributed by atoms with Gasteiger partial charge < -0.3 is 16.2 Å². The largest absolute Gasteiger partial charge is 0.465 e. The Morgan fingerprint density at radius 3 is 2.89 bits per heavy atom. The Balaban J connectivity index is 2.57. The van der Waals surface area contributed by atoms with Gasteiger partial charge in [0.2, 0.25) is 5.91 Å². The number of primary amides is 1. The summed E-state index contributed by atoms with van der Waals surface area (Å²) in [6, 6.07) is 4.07.